The summed E-state index contributed by atoms with van der Waals surface area (Å²) in [4.78, 5) is 18.4. The number of hydrogen-bond acceptors (Lipinski definition) is 5. The monoisotopic (exact) mass is 307 g/mol. The maximum atomic E-state index is 12.4. The van der Waals surface area contributed by atoms with Gasteiger partial charge in [-0.05, 0) is 32.2 Å². The lowest BCUT2D eigenvalue weighted by Gasteiger charge is -2.46. The Hall–Kier alpha value is -1.40. The number of oxazole rings is 1. The highest BCUT2D eigenvalue weighted by Gasteiger charge is 2.41. The zero-order chi connectivity index (χ0) is 15.6. The summed E-state index contributed by atoms with van der Waals surface area (Å²) >= 11 is 0. The van der Waals surface area contributed by atoms with E-state index in [1.807, 2.05) is 4.90 Å². The van der Waals surface area contributed by atoms with Crippen molar-refractivity contribution in [1.82, 2.24) is 15.2 Å². The van der Waals surface area contributed by atoms with Crippen LogP contribution in [0.4, 0.5) is 0 Å². The molecule has 0 bridgehead atoms. The maximum Gasteiger partial charge on any atom is 0.275 e. The van der Waals surface area contributed by atoms with Crippen LogP contribution in [0.3, 0.4) is 0 Å². The molecule has 2 fully saturated rings. The summed E-state index contributed by atoms with van der Waals surface area (Å²) < 4.78 is 11.2. The van der Waals surface area contributed by atoms with Crippen LogP contribution in [0.1, 0.15) is 49.0 Å². The third-order valence-corrected chi connectivity index (χ3v) is 4.79. The number of hydrogen-bond donors (Lipinski definition) is 1. The number of piperidine rings is 1. The van der Waals surface area contributed by atoms with Crippen molar-refractivity contribution < 1.29 is 13.9 Å². The second-order valence-electron chi connectivity index (χ2n) is 6.32. The van der Waals surface area contributed by atoms with Gasteiger partial charge in [0.15, 0.2) is 11.6 Å². The molecule has 6 heteroatoms. The SMILES string of the molecule is CCN[C@@H]1CCOC2(CCN(C(=O)c3coc(C)n3)CC2)C1. The normalized spacial score (nSPS) is 24.6. The minimum Gasteiger partial charge on any atom is -0.448 e. The largest absolute Gasteiger partial charge is 0.448 e. The number of aryl methyl sites for hydroxylation is 1. The Balaban J connectivity index is 1.59. The molecular formula is C16H25N3O3. The fraction of sp³-hybridized carbons (Fsp3) is 0.750. The first-order valence-electron chi connectivity index (χ1n) is 8.21. The molecule has 1 amide bonds. The van der Waals surface area contributed by atoms with Crippen molar-refractivity contribution in [2.45, 2.75) is 51.2 Å². The first-order valence-corrected chi connectivity index (χ1v) is 8.21. The van der Waals surface area contributed by atoms with Crippen molar-refractivity contribution in [3.8, 4) is 0 Å². The van der Waals surface area contributed by atoms with Crippen molar-refractivity contribution in [1.29, 1.82) is 0 Å². The van der Waals surface area contributed by atoms with Gasteiger partial charge in [0.25, 0.3) is 5.91 Å². The van der Waals surface area contributed by atoms with Crippen LogP contribution in [0.15, 0.2) is 10.7 Å². The van der Waals surface area contributed by atoms with Gasteiger partial charge < -0.3 is 19.4 Å². The first kappa shape index (κ1) is 15.5. The van der Waals surface area contributed by atoms with Gasteiger partial charge in [-0.25, -0.2) is 4.98 Å². The molecule has 1 N–H and O–H groups in total. The molecule has 3 heterocycles. The van der Waals surface area contributed by atoms with Crippen LogP contribution < -0.4 is 5.32 Å². The molecular weight excluding hydrogens is 282 g/mol. The number of nitrogens with one attached hydrogen (secondary N) is 1. The summed E-state index contributed by atoms with van der Waals surface area (Å²) in [6.07, 6.45) is 5.37. The molecule has 1 aromatic rings. The van der Waals surface area contributed by atoms with Crippen LogP contribution in [0.5, 0.6) is 0 Å². The molecule has 0 radical (unpaired) electrons. The van der Waals surface area contributed by atoms with Gasteiger partial charge in [-0.15, -0.1) is 0 Å². The number of likely N-dealkylation sites (tertiary alicyclic amines) is 1. The molecule has 2 aliphatic heterocycles. The molecule has 0 saturated carbocycles. The van der Waals surface area contributed by atoms with Gasteiger partial charge in [0.05, 0.1) is 5.60 Å². The van der Waals surface area contributed by atoms with E-state index >= 15 is 0 Å². The Bertz CT molecular complexity index is 518. The van der Waals surface area contributed by atoms with E-state index in [9.17, 15) is 4.79 Å². The van der Waals surface area contributed by atoms with Crippen LogP contribution in [0.25, 0.3) is 0 Å². The Labute approximate surface area is 131 Å². The number of nitrogens with zero attached hydrogens (tertiary/aromatic N) is 2. The van der Waals surface area contributed by atoms with E-state index in [2.05, 4.69) is 17.2 Å². The van der Waals surface area contributed by atoms with E-state index in [1.54, 1.807) is 6.92 Å². The first-order chi connectivity index (χ1) is 10.6. The van der Waals surface area contributed by atoms with Crippen molar-refractivity contribution in [2.24, 2.45) is 0 Å². The molecule has 0 aliphatic carbocycles. The summed E-state index contributed by atoms with van der Waals surface area (Å²) in [6, 6.07) is 0.541. The van der Waals surface area contributed by atoms with Crippen LogP contribution in [0.2, 0.25) is 0 Å². The number of aromatic nitrogens is 1. The van der Waals surface area contributed by atoms with E-state index < -0.39 is 0 Å². The Morgan fingerprint density at radius 3 is 2.91 bits per heavy atom. The number of rotatable bonds is 3. The number of amides is 1. The average Bonchev–Trinajstić information content (AvgIpc) is 2.95. The molecule has 0 aromatic carbocycles. The van der Waals surface area contributed by atoms with E-state index in [0.29, 0.717) is 17.6 Å². The molecule has 0 unspecified atom stereocenters. The van der Waals surface area contributed by atoms with E-state index in [0.717, 1.165) is 51.9 Å². The van der Waals surface area contributed by atoms with Crippen molar-refractivity contribution in [2.75, 3.05) is 26.2 Å². The van der Waals surface area contributed by atoms with Crippen LogP contribution in [-0.2, 0) is 4.74 Å². The standard InChI is InChI=1S/C16H25N3O3/c1-3-17-13-4-9-22-16(10-13)5-7-19(8-6-16)15(20)14-11-21-12(2)18-14/h11,13,17H,3-10H2,1-2H3/t13-/m1/s1. The quantitative estimate of drug-likeness (QED) is 0.921. The summed E-state index contributed by atoms with van der Waals surface area (Å²) in [7, 11) is 0. The molecule has 3 rings (SSSR count). The Morgan fingerprint density at radius 1 is 1.50 bits per heavy atom. The fourth-order valence-electron chi connectivity index (χ4n) is 3.58. The van der Waals surface area contributed by atoms with Gasteiger partial charge in [0.2, 0.25) is 0 Å². The summed E-state index contributed by atoms with van der Waals surface area (Å²) in [5.41, 5.74) is 0.352. The summed E-state index contributed by atoms with van der Waals surface area (Å²) in [6.45, 7) is 7.15. The van der Waals surface area contributed by atoms with E-state index in [4.69, 9.17) is 9.15 Å². The highest BCUT2D eigenvalue weighted by atomic mass is 16.5. The zero-order valence-electron chi connectivity index (χ0n) is 13.4. The van der Waals surface area contributed by atoms with Crippen LogP contribution in [0, 0.1) is 6.92 Å². The molecule has 2 aliphatic rings. The maximum absolute atomic E-state index is 12.4. The van der Waals surface area contributed by atoms with Gasteiger partial charge in [0, 0.05) is 32.7 Å². The predicted molar refractivity (Wildman–Crippen MR) is 81.8 cm³/mol. The fourth-order valence-corrected chi connectivity index (χ4v) is 3.58. The molecule has 1 spiro atoms. The summed E-state index contributed by atoms with van der Waals surface area (Å²) in [5.74, 6) is 0.492. The van der Waals surface area contributed by atoms with E-state index in [1.165, 1.54) is 6.26 Å². The van der Waals surface area contributed by atoms with Gasteiger partial charge in [-0.2, -0.15) is 0 Å². The third kappa shape index (κ3) is 3.17. The van der Waals surface area contributed by atoms with Crippen LogP contribution in [-0.4, -0.2) is 53.7 Å². The molecule has 2 saturated heterocycles. The smallest absolute Gasteiger partial charge is 0.275 e. The third-order valence-electron chi connectivity index (χ3n) is 4.79. The van der Waals surface area contributed by atoms with Crippen molar-refractivity contribution in [3.63, 3.8) is 0 Å². The lowest BCUT2D eigenvalue weighted by atomic mass is 9.82. The zero-order valence-corrected chi connectivity index (χ0v) is 13.4. The number of ether oxygens (including phenoxy) is 1. The van der Waals surface area contributed by atoms with Gasteiger partial charge in [0.1, 0.15) is 6.26 Å². The molecule has 1 atom stereocenters. The molecule has 122 valence electrons. The second kappa shape index (κ2) is 6.38. The average molecular weight is 307 g/mol. The molecule has 1 aromatic heterocycles. The lowest BCUT2D eigenvalue weighted by Crippen LogP contribution is -2.53. The number of carbonyl (C=O) groups excluding carboxylic acids is 1. The van der Waals surface area contributed by atoms with Crippen molar-refractivity contribution >= 4 is 5.91 Å². The van der Waals surface area contributed by atoms with Gasteiger partial charge in [-0.3, -0.25) is 4.79 Å². The number of carbonyl (C=O) groups is 1. The molecule has 6 nitrogen and oxygen atoms in total. The predicted octanol–water partition coefficient (Wildman–Crippen LogP) is 1.75. The Morgan fingerprint density at radius 2 is 2.27 bits per heavy atom. The highest BCUT2D eigenvalue weighted by Crippen LogP contribution is 2.35. The minimum absolute atomic E-state index is 0.0363. The molecule has 22 heavy (non-hydrogen) atoms. The minimum atomic E-state index is -0.0540. The summed E-state index contributed by atoms with van der Waals surface area (Å²) in [5, 5.41) is 3.54. The van der Waals surface area contributed by atoms with E-state index in [-0.39, 0.29) is 11.5 Å². The Kier molecular flexibility index (Phi) is 4.49. The van der Waals surface area contributed by atoms with Gasteiger partial charge in [-0.1, -0.05) is 6.92 Å². The van der Waals surface area contributed by atoms with Crippen LogP contribution >= 0.6 is 0 Å². The highest BCUT2D eigenvalue weighted by molar-refractivity contribution is 5.92. The van der Waals surface area contributed by atoms with Gasteiger partial charge >= 0.3 is 0 Å². The lowest BCUT2D eigenvalue weighted by molar-refractivity contribution is -0.115. The topological polar surface area (TPSA) is 67.6 Å². The second-order valence-corrected chi connectivity index (χ2v) is 6.32. The van der Waals surface area contributed by atoms with Crippen molar-refractivity contribution in [3.05, 3.63) is 17.8 Å².